The maximum Gasteiger partial charge on any atom is 0.254 e. The normalized spacial score (nSPS) is 27.8. The van der Waals surface area contributed by atoms with E-state index < -0.39 is 0 Å². The van der Waals surface area contributed by atoms with Gasteiger partial charge in [0.15, 0.2) is 0 Å². The monoisotopic (exact) mass is 302 g/mol. The van der Waals surface area contributed by atoms with Gasteiger partial charge in [0, 0.05) is 24.7 Å². The first kappa shape index (κ1) is 14.2. The summed E-state index contributed by atoms with van der Waals surface area (Å²) in [5, 5.41) is 0. The van der Waals surface area contributed by atoms with E-state index in [4.69, 9.17) is 9.47 Å². The number of carbonyl (C=O) groups excluding carboxylic acids is 1. The standard InChI is InChI=1S/C17H22N2O3/c20-16(14-4-2-1-3-5-14)19-12-17(13-19)10-15(11-22-17)18-6-8-21-9-7-18/h1-5,15H,6-13H2. The number of amides is 1. The van der Waals surface area contributed by atoms with Gasteiger partial charge in [-0.3, -0.25) is 9.69 Å². The van der Waals surface area contributed by atoms with Crippen molar-refractivity contribution in [3.8, 4) is 0 Å². The van der Waals surface area contributed by atoms with Crippen molar-refractivity contribution in [2.45, 2.75) is 18.1 Å². The zero-order chi connectivity index (χ0) is 15.0. The molecule has 0 radical (unpaired) electrons. The Balaban J connectivity index is 1.34. The van der Waals surface area contributed by atoms with Crippen LogP contribution in [0.5, 0.6) is 0 Å². The molecule has 1 unspecified atom stereocenters. The van der Waals surface area contributed by atoms with Crippen molar-refractivity contribution in [2.75, 3.05) is 46.0 Å². The molecule has 1 aromatic carbocycles. The number of hydrogen-bond donors (Lipinski definition) is 0. The summed E-state index contributed by atoms with van der Waals surface area (Å²) in [7, 11) is 0. The lowest BCUT2D eigenvalue weighted by Crippen LogP contribution is -2.63. The molecule has 3 heterocycles. The number of rotatable bonds is 2. The van der Waals surface area contributed by atoms with Crippen LogP contribution in [0.15, 0.2) is 30.3 Å². The lowest BCUT2D eigenvalue weighted by Gasteiger charge is -2.47. The van der Waals surface area contributed by atoms with Gasteiger partial charge < -0.3 is 14.4 Å². The van der Waals surface area contributed by atoms with Crippen LogP contribution in [0.4, 0.5) is 0 Å². The van der Waals surface area contributed by atoms with Gasteiger partial charge in [-0.1, -0.05) is 18.2 Å². The maximum absolute atomic E-state index is 12.4. The Hall–Kier alpha value is -1.43. The second kappa shape index (κ2) is 5.65. The van der Waals surface area contributed by atoms with Crippen LogP contribution in [0.2, 0.25) is 0 Å². The number of ether oxygens (including phenoxy) is 2. The Labute approximate surface area is 130 Å². The van der Waals surface area contributed by atoms with Crippen molar-refractivity contribution in [1.29, 1.82) is 0 Å². The van der Waals surface area contributed by atoms with Crippen LogP contribution in [0.3, 0.4) is 0 Å². The third-order valence-corrected chi connectivity index (χ3v) is 5.02. The summed E-state index contributed by atoms with van der Waals surface area (Å²) < 4.78 is 11.5. The minimum absolute atomic E-state index is 0.104. The van der Waals surface area contributed by atoms with Gasteiger partial charge in [-0.05, 0) is 18.6 Å². The molecule has 1 aromatic rings. The highest BCUT2D eigenvalue weighted by Crippen LogP contribution is 2.37. The molecular weight excluding hydrogens is 280 g/mol. The van der Waals surface area contributed by atoms with Gasteiger partial charge in [-0.15, -0.1) is 0 Å². The van der Waals surface area contributed by atoms with Crippen LogP contribution >= 0.6 is 0 Å². The largest absolute Gasteiger partial charge is 0.379 e. The van der Waals surface area contributed by atoms with Crippen LogP contribution in [-0.2, 0) is 9.47 Å². The fraction of sp³-hybridized carbons (Fsp3) is 0.588. The van der Waals surface area contributed by atoms with E-state index in [-0.39, 0.29) is 11.5 Å². The summed E-state index contributed by atoms with van der Waals surface area (Å²) in [4.78, 5) is 16.8. The average Bonchev–Trinajstić information content (AvgIpc) is 3.00. The van der Waals surface area contributed by atoms with Gasteiger partial charge >= 0.3 is 0 Å². The third kappa shape index (κ3) is 2.53. The highest BCUT2D eigenvalue weighted by molar-refractivity contribution is 5.94. The van der Waals surface area contributed by atoms with Crippen molar-refractivity contribution < 1.29 is 14.3 Å². The summed E-state index contributed by atoms with van der Waals surface area (Å²) in [5.74, 6) is 0.115. The van der Waals surface area contributed by atoms with Crippen LogP contribution < -0.4 is 0 Å². The van der Waals surface area contributed by atoms with E-state index >= 15 is 0 Å². The number of carbonyl (C=O) groups is 1. The summed E-state index contributed by atoms with van der Waals surface area (Å²) in [6.07, 6.45) is 1.03. The lowest BCUT2D eigenvalue weighted by molar-refractivity contribution is -0.0951. The van der Waals surface area contributed by atoms with Crippen molar-refractivity contribution >= 4 is 5.91 Å². The molecule has 3 saturated heterocycles. The summed E-state index contributed by atoms with van der Waals surface area (Å²) in [6, 6.07) is 9.98. The first-order chi connectivity index (χ1) is 10.8. The lowest BCUT2D eigenvalue weighted by atomic mass is 9.88. The number of likely N-dealkylation sites (tertiary alicyclic amines) is 1. The molecule has 1 spiro atoms. The fourth-order valence-electron chi connectivity index (χ4n) is 3.77. The van der Waals surface area contributed by atoms with E-state index in [0.29, 0.717) is 6.04 Å². The topological polar surface area (TPSA) is 42.0 Å². The van der Waals surface area contributed by atoms with E-state index in [2.05, 4.69) is 4.90 Å². The van der Waals surface area contributed by atoms with Gasteiger partial charge in [0.2, 0.25) is 0 Å². The van der Waals surface area contributed by atoms with Gasteiger partial charge in [0.05, 0.1) is 32.9 Å². The quantitative estimate of drug-likeness (QED) is 0.817. The Kier molecular flexibility index (Phi) is 3.64. The van der Waals surface area contributed by atoms with Crippen LogP contribution in [0.25, 0.3) is 0 Å². The Morgan fingerprint density at radius 2 is 1.86 bits per heavy atom. The maximum atomic E-state index is 12.4. The zero-order valence-electron chi connectivity index (χ0n) is 12.7. The molecule has 0 aromatic heterocycles. The van der Waals surface area contributed by atoms with E-state index in [1.54, 1.807) is 0 Å². The molecule has 3 aliphatic rings. The minimum atomic E-state index is -0.104. The van der Waals surface area contributed by atoms with E-state index in [1.807, 2.05) is 35.2 Å². The van der Waals surface area contributed by atoms with Crippen LogP contribution in [0, 0.1) is 0 Å². The molecule has 4 rings (SSSR count). The summed E-state index contributed by atoms with van der Waals surface area (Å²) in [5.41, 5.74) is 0.660. The van der Waals surface area contributed by atoms with Crippen molar-refractivity contribution in [1.82, 2.24) is 9.80 Å². The molecule has 5 heteroatoms. The molecule has 22 heavy (non-hydrogen) atoms. The molecule has 118 valence electrons. The molecule has 5 nitrogen and oxygen atoms in total. The molecule has 0 saturated carbocycles. The van der Waals surface area contributed by atoms with Crippen LogP contribution in [-0.4, -0.2) is 73.3 Å². The molecule has 0 aliphatic carbocycles. The molecule has 1 amide bonds. The number of benzene rings is 1. The second-order valence-corrected chi connectivity index (χ2v) is 6.53. The fourth-order valence-corrected chi connectivity index (χ4v) is 3.77. The van der Waals surface area contributed by atoms with Gasteiger partial charge in [-0.25, -0.2) is 0 Å². The van der Waals surface area contributed by atoms with Gasteiger partial charge in [-0.2, -0.15) is 0 Å². The number of nitrogens with zero attached hydrogens (tertiary/aromatic N) is 2. The van der Waals surface area contributed by atoms with E-state index in [9.17, 15) is 4.79 Å². The second-order valence-electron chi connectivity index (χ2n) is 6.53. The zero-order valence-corrected chi connectivity index (χ0v) is 12.7. The molecular formula is C17H22N2O3. The average molecular weight is 302 g/mol. The molecule has 3 aliphatic heterocycles. The Morgan fingerprint density at radius 1 is 1.14 bits per heavy atom. The molecule has 3 fully saturated rings. The van der Waals surface area contributed by atoms with Crippen LogP contribution in [0.1, 0.15) is 16.8 Å². The van der Waals surface area contributed by atoms with Gasteiger partial charge in [0.25, 0.3) is 5.91 Å². The molecule has 0 N–H and O–H groups in total. The Morgan fingerprint density at radius 3 is 2.59 bits per heavy atom. The van der Waals surface area contributed by atoms with Crippen molar-refractivity contribution in [3.05, 3.63) is 35.9 Å². The van der Waals surface area contributed by atoms with E-state index in [0.717, 1.165) is 58.0 Å². The highest BCUT2D eigenvalue weighted by atomic mass is 16.5. The summed E-state index contributed by atoms with van der Waals surface area (Å²) >= 11 is 0. The predicted octanol–water partition coefficient (Wildman–Crippen LogP) is 1.00. The van der Waals surface area contributed by atoms with E-state index in [1.165, 1.54) is 0 Å². The smallest absolute Gasteiger partial charge is 0.254 e. The number of hydrogen-bond acceptors (Lipinski definition) is 4. The van der Waals surface area contributed by atoms with Crippen molar-refractivity contribution in [2.24, 2.45) is 0 Å². The SMILES string of the molecule is O=C(c1ccccc1)N1CC2(CC(N3CCOCC3)CO2)C1. The summed E-state index contributed by atoms with van der Waals surface area (Å²) in [6.45, 7) is 5.87. The third-order valence-electron chi connectivity index (χ3n) is 5.02. The minimum Gasteiger partial charge on any atom is -0.379 e. The van der Waals surface area contributed by atoms with Gasteiger partial charge in [0.1, 0.15) is 5.60 Å². The predicted molar refractivity (Wildman–Crippen MR) is 81.8 cm³/mol. The van der Waals surface area contributed by atoms with Crippen molar-refractivity contribution in [3.63, 3.8) is 0 Å². The highest BCUT2D eigenvalue weighted by Gasteiger charge is 2.52. The first-order valence-corrected chi connectivity index (χ1v) is 8.06. The molecule has 1 atom stereocenters. The first-order valence-electron chi connectivity index (χ1n) is 8.06. The number of morpholine rings is 1. The molecule has 0 bridgehead atoms. The Bertz CT molecular complexity index is 536.